The Bertz CT molecular complexity index is 362. The van der Waals surface area contributed by atoms with Crippen LogP contribution in [0.2, 0.25) is 0 Å². The van der Waals surface area contributed by atoms with Gasteiger partial charge in [0.15, 0.2) is 5.78 Å². The second kappa shape index (κ2) is 4.20. The van der Waals surface area contributed by atoms with Gasteiger partial charge in [-0.15, -0.1) is 0 Å². The molecule has 0 amide bonds. The molecule has 1 aromatic carbocycles. The van der Waals surface area contributed by atoms with Crippen LogP contribution in [0.25, 0.3) is 5.53 Å². The second-order valence-electron chi connectivity index (χ2n) is 2.18. The quantitative estimate of drug-likeness (QED) is 0.302. The summed E-state index contributed by atoms with van der Waals surface area (Å²) < 4.78 is 12.9. The predicted molar refractivity (Wildman–Crippen MR) is 45.0 cm³/mol. The number of benzene rings is 1. The first-order valence-electron chi connectivity index (χ1n) is 3.42. The van der Waals surface area contributed by atoms with Crippen LogP contribution in [0.4, 0.5) is 4.39 Å². The van der Waals surface area contributed by atoms with Gasteiger partial charge in [-0.2, -0.15) is 0 Å². The molecule has 0 saturated heterocycles. The molecule has 0 N–H and O–H groups in total. The second-order valence-corrected chi connectivity index (χ2v) is 2.18. The number of carbonyl (C=O) groups is 1. The van der Waals surface area contributed by atoms with Crippen LogP contribution in [0.3, 0.4) is 0 Å². The van der Waals surface area contributed by atoms with Crippen molar-refractivity contribution in [3.8, 4) is 0 Å². The number of hydrogen-bond donors (Lipinski definition) is 0. The molecule has 1 rings (SSSR count). The Balaban J connectivity index is 2.95. The summed E-state index contributed by atoms with van der Waals surface area (Å²) in [5, 5.41) is 5.29. The number of ketones is 1. The van der Waals surface area contributed by atoms with Crippen LogP contribution in [-0.2, 0) is 0 Å². The molecule has 0 radical (unpaired) electrons. The molecule has 4 nitrogen and oxygen atoms in total. The van der Waals surface area contributed by atoms with Gasteiger partial charge in [-0.05, 0) is 18.3 Å². The monoisotopic (exact) mass is 178 g/mol. The summed E-state index contributed by atoms with van der Waals surface area (Å²) in [4.78, 5) is 11.1. The maximum absolute atomic E-state index is 12.9. The van der Waals surface area contributed by atoms with E-state index in [2.05, 4.69) is 10.3 Å². The van der Waals surface area contributed by atoms with Crippen molar-refractivity contribution in [1.29, 1.82) is 0 Å². The third kappa shape index (κ3) is 2.26. The van der Waals surface area contributed by atoms with E-state index in [1.165, 1.54) is 18.2 Å². The molecule has 0 fully saturated rings. The summed E-state index contributed by atoms with van der Waals surface area (Å²) in [6, 6.07) is 5.48. The molecule has 66 valence electrons. The lowest BCUT2D eigenvalue weighted by atomic mass is 10.1. The van der Waals surface area contributed by atoms with E-state index < -0.39 is 11.6 Å². The van der Waals surface area contributed by atoms with Gasteiger partial charge in [0.25, 0.3) is 0 Å². The van der Waals surface area contributed by atoms with Crippen LogP contribution < -0.4 is 0 Å². The van der Waals surface area contributed by atoms with Crippen molar-refractivity contribution in [2.75, 3.05) is 0 Å². The number of rotatable bonds is 3. The molecule has 0 aliphatic heterocycles. The average Bonchev–Trinajstić information content (AvgIpc) is 2.15. The van der Waals surface area contributed by atoms with E-state index >= 15 is 0 Å². The number of carbonyl (C=O) groups excluding carboxylic acids is 1. The summed E-state index contributed by atoms with van der Waals surface area (Å²) >= 11 is 0. The third-order valence-corrected chi connectivity index (χ3v) is 1.37. The molecule has 1 aromatic rings. The molecule has 0 heterocycles. The first kappa shape index (κ1) is 9.18. The molecule has 0 unspecified atom stereocenters. The minimum Gasteiger partial charge on any atom is -0.362 e. The first-order valence-corrected chi connectivity index (χ1v) is 3.42. The number of halogens is 1. The Morgan fingerprint density at radius 2 is 2.15 bits per heavy atom. The van der Waals surface area contributed by atoms with Crippen LogP contribution in [-0.4, -0.2) is 12.0 Å². The van der Waals surface area contributed by atoms with E-state index in [1.807, 2.05) is 0 Å². The lowest BCUT2D eigenvalue weighted by molar-refractivity contribution is 0.106. The van der Waals surface area contributed by atoms with Gasteiger partial charge in [-0.25, -0.2) is 4.39 Å². The van der Waals surface area contributed by atoms with Crippen LogP contribution in [0.5, 0.6) is 0 Å². The number of Topliss-reactive ketones (excluding diaryl/α,β-unsaturated/α-hetero) is 1. The van der Waals surface area contributed by atoms with Crippen molar-refractivity contribution in [2.45, 2.75) is 0 Å². The van der Waals surface area contributed by atoms with Gasteiger partial charge in [0, 0.05) is 0 Å². The summed E-state index contributed by atoms with van der Waals surface area (Å²) in [6.07, 6.45) is 0.735. The normalized spacial score (nSPS) is 10.2. The first-order chi connectivity index (χ1) is 6.25. The zero-order chi connectivity index (χ0) is 9.68. The third-order valence-electron chi connectivity index (χ3n) is 1.37. The Morgan fingerprint density at radius 3 is 2.77 bits per heavy atom. The van der Waals surface area contributed by atoms with E-state index in [1.54, 1.807) is 0 Å². The highest BCUT2D eigenvalue weighted by Gasteiger charge is 2.05. The Labute approximate surface area is 73.6 Å². The summed E-state index contributed by atoms with van der Waals surface area (Å²) in [5.41, 5.74) is 7.81. The molecule has 5 heteroatoms. The molecule has 0 aliphatic rings. The van der Waals surface area contributed by atoms with Crippen molar-refractivity contribution in [2.24, 2.45) is 10.3 Å². The van der Waals surface area contributed by atoms with Crippen LogP contribution in [0.15, 0.2) is 34.6 Å². The van der Waals surface area contributed by atoms with E-state index in [0.717, 1.165) is 12.3 Å². The SMILES string of the molecule is [N-]=NN=CC(=O)c1ccccc1F. The Morgan fingerprint density at radius 1 is 1.46 bits per heavy atom. The molecule has 0 aromatic heterocycles. The Hall–Kier alpha value is -1.91. The highest BCUT2D eigenvalue weighted by atomic mass is 19.1. The van der Waals surface area contributed by atoms with Gasteiger partial charge in [-0.3, -0.25) is 10.0 Å². The van der Waals surface area contributed by atoms with Crippen molar-refractivity contribution in [3.05, 3.63) is 41.2 Å². The lowest BCUT2D eigenvalue weighted by Gasteiger charge is -1.97. The zero-order valence-electron chi connectivity index (χ0n) is 6.51. The van der Waals surface area contributed by atoms with Crippen molar-refractivity contribution in [1.82, 2.24) is 0 Å². The molecular weight excluding hydrogens is 173 g/mol. The van der Waals surface area contributed by atoms with Gasteiger partial charge < -0.3 is 10.6 Å². The highest BCUT2D eigenvalue weighted by Crippen LogP contribution is 2.05. The molecule has 13 heavy (non-hydrogen) atoms. The maximum Gasteiger partial charge on any atom is 0.186 e. The van der Waals surface area contributed by atoms with Crippen molar-refractivity contribution < 1.29 is 9.18 Å². The zero-order valence-corrected chi connectivity index (χ0v) is 6.51. The molecular formula is C8H5FN3O-. The molecule has 0 atom stereocenters. The summed E-state index contributed by atoms with van der Waals surface area (Å²) in [7, 11) is 0. The summed E-state index contributed by atoms with van der Waals surface area (Å²) in [5.74, 6) is -1.27. The lowest BCUT2D eigenvalue weighted by Crippen LogP contribution is -2.02. The van der Waals surface area contributed by atoms with Crippen LogP contribution >= 0.6 is 0 Å². The Kier molecular flexibility index (Phi) is 2.97. The predicted octanol–water partition coefficient (Wildman–Crippen LogP) is 2.02. The fourth-order valence-corrected chi connectivity index (χ4v) is 0.809. The van der Waals surface area contributed by atoms with Gasteiger partial charge in [0.1, 0.15) is 5.82 Å². The minimum absolute atomic E-state index is 0.102. The number of hydrogen-bond acceptors (Lipinski definition) is 2. The van der Waals surface area contributed by atoms with Gasteiger partial charge in [0.05, 0.1) is 5.56 Å². The van der Waals surface area contributed by atoms with Crippen LogP contribution in [0, 0.1) is 5.82 Å². The van der Waals surface area contributed by atoms with Crippen molar-refractivity contribution in [3.63, 3.8) is 0 Å². The largest absolute Gasteiger partial charge is 0.362 e. The fourth-order valence-electron chi connectivity index (χ4n) is 0.809. The van der Waals surface area contributed by atoms with E-state index in [-0.39, 0.29) is 5.56 Å². The van der Waals surface area contributed by atoms with Gasteiger partial charge >= 0.3 is 0 Å². The number of nitrogens with zero attached hydrogens (tertiary/aromatic N) is 3. The van der Waals surface area contributed by atoms with Gasteiger partial charge in [-0.1, -0.05) is 12.1 Å². The fraction of sp³-hybridized carbons (Fsp3) is 0. The van der Waals surface area contributed by atoms with E-state index in [0.29, 0.717) is 0 Å². The minimum atomic E-state index is -0.643. The topological polar surface area (TPSA) is 64.1 Å². The van der Waals surface area contributed by atoms with Gasteiger partial charge in [0.2, 0.25) is 0 Å². The molecule has 0 bridgehead atoms. The standard InChI is InChI=1S/C8H5FN3O/c9-7-4-2-1-3-6(7)8(13)5-11-12-10/h1-5H/q-1. The molecule has 0 spiro atoms. The molecule has 0 saturated carbocycles. The highest BCUT2D eigenvalue weighted by molar-refractivity contribution is 6.35. The van der Waals surface area contributed by atoms with E-state index in [9.17, 15) is 9.18 Å². The maximum atomic E-state index is 12.9. The summed E-state index contributed by atoms with van der Waals surface area (Å²) in [6.45, 7) is 0. The van der Waals surface area contributed by atoms with E-state index in [4.69, 9.17) is 5.53 Å². The molecule has 0 aliphatic carbocycles. The van der Waals surface area contributed by atoms with Crippen LogP contribution in [0.1, 0.15) is 10.4 Å². The smallest absolute Gasteiger partial charge is 0.186 e. The van der Waals surface area contributed by atoms with Crippen molar-refractivity contribution >= 4 is 12.0 Å². The average molecular weight is 178 g/mol.